The van der Waals surface area contributed by atoms with Gasteiger partial charge in [0.15, 0.2) is 0 Å². The van der Waals surface area contributed by atoms with Gasteiger partial charge in [0.2, 0.25) is 0 Å². The summed E-state index contributed by atoms with van der Waals surface area (Å²) in [4.78, 5) is 0.345. The third-order valence-electron chi connectivity index (χ3n) is 2.28. The van der Waals surface area contributed by atoms with E-state index in [4.69, 9.17) is 9.47 Å². The molecule has 0 fully saturated rings. The van der Waals surface area contributed by atoms with E-state index in [1.807, 2.05) is 61.5 Å². The van der Waals surface area contributed by atoms with E-state index in [0.717, 1.165) is 17.2 Å². The largest absolute Gasteiger partial charge is 0.492 e. The summed E-state index contributed by atoms with van der Waals surface area (Å²) in [7, 11) is 0. The van der Waals surface area contributed by atoms with Gasteiger partial charge in [0.1, 0.15) is 23.9 Å². The first-order chi connectivity index (χ1) is 8.74. The average Bonchev–Trinajstić information content (AvgIpc) is 2.39. The predicted molar refractivity (Wildman–Crippen MR) is 76.8 cm³/mol. The van der Waals surface area contributed by atoms with E-state index in [1.165, 1.54) is 0 Å². The fraction of sp³-hybridized carbons (Fsp3) is 0.200. The Morgan fingerprint density at radius 2 is 1.44 bits per heavy atom. The van der Waals surface area contributed by atoms with Crippen molar-refractivity contribution in [1.29, 1.82) is 0 Å². The predicted octanol–water partition coefficient (Wildman–Crippen LogP) is 4.64. The molecule has 2 rings (SSSR count). The lowest BCUT2D eigenvalue weighted by atomic mass is 10.3. The van der Waals surface area contributed by atoms with Crippen LogP contribution in [0.25, 0.3) is 0 Å². The number of rotatable bonds is 5. The number of hydrogen-bond donors (Lipinski definition) is 0. The molecule has 18 heavy (non-hydrogen) atoms. The third-order valence-corrected chi connectivity index (χ3v) is 2.55. The van der Waals surface area contributed by atoms with Crippen molar-refractivity contribution in [3.8, 4) is 17.2 Å². The van der Waals surface area contributed by atoms with Gasteiger partial charge >= 0.3 is 0 Å². The first-order valence-electron chi connectivity index (χ1n) is 5.84. The highest BCUT2D eigenvalue weighted by atomic mass is 79.9. The van der Waals surface area contributed by atoms with E-state index in [0.29, 0.717) is 11.4 Å². The van der Waals surface area contributed by atoms with Crippen molar-refractivity contribution in [3.05, 3.63) is 54.6 Å². The first kappa shape index (κ1) is 13.0. The Kier molecular flexibility index (Phi) is 4.65. The second kappa shape index (κ2) is 6.45. The lowest BCUT2D eigenvalue weighted by Gasteiger charge is -2.09. The molecule has 0 spiro atoms. The highest BCUT2D eigenvalue weighted by Crippen LogP contribution is 2.23. The molecule has 0 bridgehead atoms. The smallest absolute Gasteiger partial charge is 0.127 e. The molecule has 0 aliphatic heterocycles. The molecule has 1 atom stereocenters. The Bertz CT molecular complexity index is 466. The van der Waals surface area contributed by atoms with Crippen molar-refractivity contribution in [2.75, 3.05) is 6.61 Å². The summed E-state index contributed by atoms with van der Waals surface area (Å²) >= 11 is 3.44. The van der Waals surface area contributed by atoms with Crippen molar-refractivity contribution >= 4 is 15.9 Å². The molecular formula is C15H15BrO2. The SMILES string of the molecule is CC(Br)COc1ccc(Oc2ccccc2)cc1. The molecule has 0 saturated heterocycles. The summed E-state index contributed by atoms with van der Waals surface area (Å²) in [5.41, 5.74) is 0. The molecule has 0 radical (unpaired) electrons. The molecular weight excluding hydrogens is 292 g/mol. The Hall–Kier alpha value is -1.48. The molecule has 1 unspecified atom stereocenters. The van der Waals surface area contributed by atoms with Crippen LogP contribution in [-0.2, 0) is 0 Å². The van der Waals surface area contributed by atoms with Crippen molar-refractivity contribution in [2.24, 2.45) is 0 Å². The van der Waals surface area contributed by atoms with Crippen LogP contribution >= 0.6 is 15.9 Å². The normalized spacial score (nSPS) is 11.9. The van der Waals surface area contributed by atoms with E-state index in [-0.39, 0.29) is 0 Å². The van der Waals surface area contributed by atoms with Gasteiger partial charge in [-0.1, -0.05) is 34.1 Å². The summed E-state index contributed by atoms with van der Waals surface area (Å²) in [6.45, 7) is 2.70. The Morgan fingerprint density at radius 3 is 2.06 bits per heavy atom. The molecule has 94 valence electrons. The van der Waals surface area contributed by atoms with Crippen molar-refractivity contribution in [3.63, 3.8) is 0 Å². The van der Waals surface area contributed by atoms with Crippen LogP contribution < -0.4 is 9.47 Å². The molecule has 0 amide bonds. The Balaban J connectivity index is 1.95. The van der Waals surface area contributed by atoms with Crippen LogP contribution in [-0.4, -0.2) is 11.4 Å². The fourth-order valence-electron chi connectivity index (χ4n) is 1.44. The van der Waals surface area contributed by atoms with Crippen LogP contribution in [0.4, 0.5) is 0 Å². The van der Waals surface area contributed by atoms with Crippen LogP contribution in [0.15, 0.2) is 54.6 Å². The zero-order valence-corrected chi connectivity index (χ0v) is 11.8. The molecule has 2 aromatic rings. The summed E-state index contributed by atoms with van der Waals surface area (Å²) in [5, 5.41) is 0. The second-order valence-corrected chi connectivity index (χ2v) is 5.54. The molecule has 0 aromatic heterocycles. The Labute approximate surface area is 116 Å². The monoisotopic (exact) mass is 306 g/mol. The highest BCUT2D eigenvalue weighted by Gasteiger charge is 2.00. The first-order valence-corrected chi connectivity index (χ1v) is 6.75. The minimum absolute atomic E-state index is 0.345. The van der Waals surface area contributed by atoms with Gasteiger partial charge in [0.05, 0.1) is 0 Å². The third kappa shape index (κ3) is 4.08. The maximum atomic E-state index is 5.69. The van der Waals surface area contributed by atoms with Crippen LogP contribution in [0.1, 0.15) is 6.92 Å². The number of halogens is 1. The van der Waals surface area contributed by atoms with E-state index >= 15 is 0 Å². The van der Waals surface area contributed by atoms with Crippen molar-refractivity contribution in [2.45, 2.75) is 11.8 Å². The molecule has 0 saturated carbocycles. The zero-order chi connectivity index (χ0) is 12.8. The number of benzene rings is 2. The van der Waals surface area contributed by atoms with Crippen LogP contribution in [0.2, 0.25) is 0 Å². The van der Waals surface area contributed by atoms with Gasteiger partial charge < -0.3 is 9.47 Å². The quantitative estimate of drug-likeness (QED) is 0.749. The lowest BCUT2D eigenvalue weighted by Crippen LogP contribution is -2.06. The zero-order valence-electron chi connectivity index (χ0n) is 10.2. The van der Waals surface area contributed by atoms with E-state index in [9.17, 15) is 0 Å². The van der Waals surface area contributed by atoms with Gasteiger partial charge in [-0.25, -0.2) is 0 Å². The maximum Gasteiger partial charge on any atom is 0.127 e. The summed E-state index contributed by atoms with van der Waals surface area (Å²) in [6, 6.07) is 17.3. The summed E-state index contributed by atoms with van der Waals surface area (Å²) in [6.07, 6.45) is 0. The van der Waals surface area contributed by atoms with Gasteiger partial charge in [0, 0.05) is 4.83 Å². The molecule has 0 aliphatic rings. The topological polar surface area (TPSA) is 18.5 Å². The number of para-hydroxylation sites is 1. The van der Waals surface area contributed by atoms with Gasteiger partial charge in [-0.05, 0) is 43.3 Å². The average molecular weight is 307 g/mol. The molecule has 2 nitrogen and oxygen atoms in total. The minimum Gasteiger partial charge on any atom is -0.492 e. The van der Waals surface area contributed by atoms with Gasteiger partial charge in [-0.3, -0.25) is 0 Å². The maximum absolute atomic E-state index is 5.69. The second-order valence-electron chi connectivity index (χ2n) is 3.98. The van der Waals surface area contributed by atoms with Gasteiger partial charge in [-0.15, -0.1) is 0 Å². The standard InChI is InChI=1S/C15H15BrO2/c1-12(16)11-17-13-7-9-15(10-8-13)18-14-5-3-2-4-6-14/h2-10,12H,11H2,1H3. The van der Waals surface area contributed by atoms with Crippen LogP contribution in [0, 0.1) is 0 Å². The van der Waals surface area contributed by atoms with Crippen LogP contribution in [0.5, 0.6) is 17.2 Å². The van der Waals surface area contributed by atoms with Gasteiger partial charge in [-0.2, -0.15) is 0 Å². The van der Waals surface area contributed by atoms with Crippen molar-refractivity contribution in [1.82, 2.24) is 0 Å². The highest BCUT2D eigenvalue weighted by molar-refractivity contribution is 9.09. The fourth-order valence-corrected chi connectivity index (χ4v) is 1.57. The molecule has 0 heterocycles. The number of ether oxygens (including phenoxy) is 2. The molecule has 0 aliphatic carbocycles. The molecule has 2 aromatic carbocycles. The summed E-state index contributed by atoms with van der Waals surface area (Å²) in [5.74, 6) is 2.49. The molecule has 3 heteroatoms. The van der Waals surface area contributed by atoms with Gasteiger partial charge in [0.25, 0.3) is 0 Å². The number of alkyl halides is 1. The number of hydrogen-bond acceptors (Lipinski definition) is 2. The summed E-state index contributed by atoms with van der Waals surface area (Å²) < 4.78 is 11.3. The van der Waals surface area contributed by atoms with Crippen molar-refractivity contribution < 1.29 is 9.47 Å². The minimum atomic E-state index is 0.345. The lowest BCUT2D eigenvalue weighted by molar-refractivity contribution is 0.323. The Morgan fingerprint density at radius 1 is 0.889 bits per heavy atom. The molecule has 0 N–H and O–H groups in total. The van der Waals surface area contributed by atoms with E-state index in [2.05, 4.69) is 15.9 Å². The van der Waals surface area contributed by atoms with E-state index < -0.39 is 0 Å². The van der Waals surface area contributed by atoms with E-state index in [1.54, 1.807) is 0 Å². The van der Waals surface area contributed by atoms with Crippen LogP contribution in [0.3, 0.4) is 0 Å².